The van der Waals surface area contributed by atoms with Crippen molar-refractivity contribution in [3.8, 4) is 0 Å². The van der Waals surface area contributed by atoms with Crippen LogP contribution in [0.2, 0.25) is 0 Å². The molecule has 0 aliphatic heterocycles. The van der Waals surface area contributed by atoms with Gasteiger partial charge in [0, 0.05) is 38.2 Å². The lowest BCUT2D eigenvalue weighted by atomic mass is 10.0. The molecule has 1 aliphatic carbocycles. The molecule has 0 spiro atoms. The number of carbonyl (C=O) groups is 2. The number of benzene rings is 2. The lowest BCUT2D eigenvalue weighted by Gasteiger charge is -2.15. The van der Waals surface area contributed by atoms with E-state index in [0.29, 0.717) is 16.8 Å². The first-order valence-electron chi connectivity index (χ1n) is 9.66. The second kappa shape index (κ2) is 8.47. The third-order valence-electron chi connectivity index (χ3n) is 5.23. The number of hydrogen-bond donors (Lipinski definition) is 1. The number of rotatable bonds is 7. The lowest BCUT2D eigenvalue weighted by Crippen LogP contribution is -2.23. The number of sulfonamides is 1. The van der Waals surface area contributed by atoms with E-state index in [1.54, 1.807) is 19.1 Å². The summed E-state index contributed by atoms with van der Waals surface area (Å²) in [6, 6.07) is 10.6. The minimum atomic E-state index is -3.60. The van der Waals surface area contributed by atoms with Crippen LogP contribution in [0.3, 0.4) is 0 Å². The third kappa shape index (κ3) is 4.74. The summed E-state index contributed by atoms with van der Waals surface area (Å²) in [6.45, 7) is 1.71. The second-order valence-corrected chi connectivity index (χ2v) is 9.70. The van der Waals surface area contributed by atoms with Gasteiger partial charge in [-0.25, -0.2) is 12.7 Å². The van der Waals surface area contributed by atoms with Crippen molar-refractivity contribution in [2.75, 3.05) is 19.4 Å². The Morgan fingerprint density at radius 1 is 1.00 bits per heavy atom. The van der Waals surface area contributed by atoms with Gasteiger partial charge in [-0.3, -0.25) is 9.59 Å². The van der Waals surface area contributed by atoms with E-state index in [0.717, 1.165) is 23.6 Å². The Morgan fingerprint density at radius 2 is 1.72 bits per heavy atom. The molecule has 6 nitrogen and oxygen atoms in total. The largest absolute Gasteiger partial charge is 0.326 e. The smallest absolute Gasteiger partial charge is 0.242 e. The van der Waals surface area contributed by atoms with Crippen LogP contribution < -0.4 is 5.32 Å². The SMILES string of the molecule is Cc1ccc(NC(=O)CCC(=O)c2ccc3c(c2)CCC3)cc1S(=O)(=O)N(C)C. The quantitative estimate of drug-likeness (QED) is 0.705. The zero-order valence-corrected chi connectivity index (χ0v) is 17.8. The lowest BCUT2D eigenvalue weighted by molar-refractivity contribution is -0.116. The predicted octanol–water partition coefficient (Wildman–Crippen LogP) is 3.34. The van der Waals surface area contributed by atoms with Crippen molar-refractivity contribution in [3.05, 3.63) is 58.7 Å². The van der Waals surface area contributed by atoms with Gasteiger partial charge in [-0.1, -0.05) is 18.2 Å². The summed E-state index contributed by atoms with van der Waals surface area (Å²) in [4.78, 5) is 24.9. The van der Waals surface area contributed by atoms with Gasteiger partial charge in [0.05, 0.1) is 4.90 Å². The monoisotopic (exact) mass is 414 g/mol. The van der Waals surface area contributed by atoms with Gasteiger partial charge < -0.3 is 5.32 Å². The van der Waals surface area contributed by atoms with Gasteiger partial charge >= 0.3 is 0 Å². The molecule has 0 aromatic heterocycles. The van der Waals surface area contributed by atoms with Crippen molar-refractivity contribution < 1.29 is 18.0 Å². The summed E-state index contributed by atoms with van der Waals surface area (Å²) in [5, 5.41) is 2.69. The number of hydrogen-bond acceptors (Lipinski definition) is 4. The number of fused-ring (bicyclic) bond motifs is 1. The number of aryl methyl sites for hydroxylation is 3. The van der Waals surface area contributed by atoms with E-state index < -0.39 is 10.0 Å². The zero-order chi connectivity index (χ0) is 21.2. The average Bonchev–Trinajstić information content (AvgIpc) is 3.15. The van der Waals surface area contributed by atoms with Gasteiger partial charge in [0.1, 0.15) is 0 Å². The number of amides is 1. The highest BCUT2D eigenvalue weighted by molar-refractivity contribution is 7.89. The normalized spacial score (nSPS) is 13.4. The molecule has 154 valence electrons. The number of carbonyl (C=O) groups excluding carboxylic acids is 2. The fraction of sp³-hybridized carbons (Fsp3) is 0.364. The Morgan fingerprint density at radius 3 is 2.45 bits per heavy atom. The fourth-order valence-corrected chi connectivity index (χ4v) is 4.64. The van der Waals surface area contributed by atoms with E-state index >= 15 is 0 Å². The summed E-state index contributed by atoms with van der Waals surface area (Å²) in [6.07, 6.45) is 3.34. The van der Waals surface area contributed by atoms with Gasteiger partial charge in [0.2, 0.25) is 15.9 Å². The molecule has 0 radical (unpaired) electrons. The van der Waals surface area contributed by atoms with E-state index in [1.807, 2.05) is 18.2 Å². The number of Topliss-reactive ketones (excluding diaryl/α,β-unsaturated/α-hetero) is 1. The van der Waals surface area contributed by atoms with Crippen molar-refractivity contribution in [2.24, 2.45) is 0 Å². The van der Waals surface area contributed by atoms with Crippen LogP contribution in [0.15, 0.2) is 41.3 Å². The van der Waals surface area contributed by atoms with E-state index in [2.05, 4.69) is 5.32 Å². The molecule has 0 heterocycles. The Kier molecular flexibility index (Phi) is 6.19. The molecule has 0 atom stereocenters. The first-order valence-corrected chi connectivity index (χ1v) is 11.1. The van der Waals surface area contributed by atoms with Crippen LogP contribution in [0.4, 0.5) is 5.69 Å². The van der Waals surface area contributed by atoms with E-state index in [-0.39, 0.29) is 29.4 Å². The van der Waals surface area contributed by atoms with Crippen LogP contribution in [-0.2, 0) is 27.7 Å². The van der Waals surface area contributed by atoms with Crippen molar-refractivity contribution in [1.82, 2.24) is 4.31 Å². The second-order valence-electron chi connectivity index (χ2n) is 7.58. The molecule has 0 unspecified atom stereocenters. The molecule has 0 saturated carbocycles. The Hall–Kier alpha value is -2.51. The Labute approximate surface area is 172 Å². The molecular weight excluding hydrogens is 388 g/mol. The molecule has 1 N–H and O–H groups in total. The molecule has 2 aromatic carbocycles. The van der Waals surface area contributed by atoms with Crippen molar-refractivity contribution in [3.63, 3.8) is 0 Å². The van der Waals surface area contributed by atoms with Crippen LogP contribution in [0.5, 0.6) is 0 Å². The van der Waals surface area contributed by atoms with Crippen molar-refractivity contribution in [1.29, 1.82) is 0 Å². The predicted molar refractivity (Wildman–Crippen MR) is 113 cm³/mol. The maximum Gasteiger partial charge on any atom is 0.242 e. The Balaban J connectivity index is 1.63. The van der Waals surface area contributed by atoms with E-state index in [1.165, 1.54) is 31.3 Å². The molecule has 29 heavy (non-hydrogen) atoms. The average molecular weight is 415 g/mol. The molecule has 1 amide bonds. The Bertz CT molecular complexity index is 1060. The summed E-state index contributed by atoms with van der Waals surface area (Å²) in [5.74, 6) is -0.383. The highest BCUT2D eigenvalue weighted by Crippen LogP contribution is 2.24. The van der Waals surface area contributed by atoms with Crippen molar-refractivity contribution >= 4 is 27.4 Å². The minimum absolute atomic E-state index is 0.0412. The molecule has 0 bridgehead atoms. The fourth-order valence-electron chi connectivity index (χ4n) is 3.49. The molecule has 1 aliphatic rings. The molecule has 0 fully saturated rings. The van der Waals surface area contributed by atoms with Crippen LogP contribution in [0.25, 0.3) is 0 Å². The van der Waals surface area contributed by atoms with Crippen LogP contribution >= 0.6 is 0 Å². The minimum Gasteiger partial charge on any atom is -0.326 e. The standard InChI is InChI=1S/C22H26N2O4S/c1-15-7-10-19(14-21(15)29(27,28)24(2)3)23-22(26)12-11-20(25)18-9-8-16-5-4-6-17(16)13-18/h7-10,13-14H,4-6,11-12H2,1-3H3,(H,23,26). The molecule has 0 saturated heterocycles. The number of nitrogens with one attached hydrogen (secondary N) is 1. The summed E-state index contributed by atoms with van der Waals surface area (Å²) >= 11 is 0. The van der Waals surface area contributed by atoms with E-state index in [4.69, 9.17) is 0 Å². The van der Waals surface area contributed by atoms with Crippen LogP contribution in [0.1, 0.15) is 46.3 Å². The van der Waals surface area contributed by atoms with Crippen molar-refractivity contribution in [2.45, 2.75) is 43.9 Å². The topological polar surface area (TPSA) is 83.5 Å². The van der Waals surface area contributed by atoms with Gasteiger partial charge in [-0.15, -0.1) is 0 Å². The first kappa shape index (κ1) is 21.2. The van der Waals surface area contributed by atoms with Gasteiger partial charge in [-0.2, -0.15) is 0 Å². The maximum atomic E-state index is 12.4. The maximum absolute atomic E-state index is 12.4. The third-order valence-corrected chi connectivity index (χ3v) is 7.19. The number of anilines is 1. The van der Waals surface area contributed by atoms with Gasteiger partial charge in [-0.05, 0) is 61.1 Å². The molecule has 2 aromatic rings. The van der Waals surface area contributed by atoms with E-state index in [9.17, 15) is 18.0 Å². The number of ketones is 1. The molecule has 7 heteroatoms. The van der Waals surface area contributed by atoms with Crippen LogP contribution in [-0.4, -0.2) is 38.5 Å². The molecular formula is C22H26N2O4S. The van der Waals surface area contributed by atoms with Gasteiger partial charge in [0.25, 0.3) is 0 Å². The summed E-state index contributed by atoms with van der Waals surface area (Å²) in [5.41, 5.74) is 4.18. The summed E-state index contributed by atoms with van der Waals surface area (Å²) in [7, 11) is -0.679. The van der Waals surface area contributed by atoms with Crippen LogP contribution in [0, 0.1) is 6.92 Å². The highest BCUT2D eigenvalue weighted by Gasteiger charge is 2.21. The molecule has 3 rings (SSSR count). The van der Waals surface area contributed by atoms with Gasteiger partial charge in [0.15, 0.2) is 5.78 Å². The number of nitrogens with zero attached hydrogens (tertiary/aromatic N) is 1. The zero-order valence-electron chi connectivity index (χ0n) is 17.0. The summed E-state index contributed by atoms with van der Waals surface area (Å²) < 4.78 is 26.0. The highest BCUT2D eigenvalue weighted by atomic mass is 32.2. The first-order chi connectivity index (χ1) is 13.7.